The van der Waals surface area contributed by atoms with Crippen LogP contribution < -0.4 is 25.6 Å². The van der Waals surface area contributed by atoms with Gasteiger partial charge in [0.25, 0.3) is 0 Å². The standard InChI is InChI=1S/C29H29BrF2N9O2P/c1-42-24-13-23(40-8-10-43-11-9-40)18(17-14-36-41(16-17)28(31)32)12-22(24)38-29-35-15-19(30)27(39-29)37-21-5-4-20-25(26(21)44(2)3)34-7-6-33-20/h4-7,12-16,28H,8-11H2,1-3H3,(H2,35,37,38,39). The molecule has 4 heterocycles. The molecule has 0 atom stereocenters. The normalized spacial score (nSPS) is 13.6. The summed E-state index contributed by atoms with van der Waals surface area (Å²) in [6, 6.07) is 7.64. The minimum atomic E-state index is -2.75. The maximum Gasteiger partial charge on any atom is 0.333 e. The molecule has 1 fully saturated rings. The number of nitrogens with zero attached hydrogens (tertiary/aromatic N) is 7. The van der Waals surface area contributed by atoms with Crippen LogP contribution in [0.5, 0.6) is 5.75 Å². The van der Waals surface area contributed by atoms with Crippen molar-refractivity contribution in [3.05, 3.63) is 59.7 Å². The molecule has 2 N–H and O–H groups in total. The number of hydrogen-bond acceptors (Lipinski definition) is 10. The smallest absolute Gasteiger partial charge is 0.333 e. The van der Waals surface area contributed by atoms with Gasteiger partial charge in [0.05, 0.1) is 47.7 Å². The van der Waals surface area contributed by atoms with Gasteiger partial charge in [-0.25, -0.2) is 9.67 Å². The predicted octanol–water partition coefficient (Wildman–Crippen LogP) is 6.14. The van der Waals surface area contributed by atoms with Crippen molar-refractivity contribution >= 4 is 69.0 Å². The predicted molar refractivity (Wildman–Crippen MR) is 173 cm³/mol. The Morgan fingerprint density at radius 1 is 1.02 bits per heavy atom. The summed E-state index contributed by atoms with van der Waals surface area (Å²) in [5.41, 5.74) is 5.19. The molecule has 0 saturated carbocycles. The molecular formula is C29H29BrF2N9O2P. The lowest BCUT2D eigenvalue weighted by molar-refractivity contribution is 0.0566. The number of benzene rings is 2. The fraction of sp³-hybridized carbons (Fsp3) is 0.276. The summed E-state index contributed by atoms with van der Waals surface area (Å²) < 4.78 is 39.4. The van der Waals surface area contributed by atoms with E-state index in [1.807, 2.05) is 24.3 Å². The minimum Gasteiger partial charge on any atom is -0.494 e. The van der Waals surface area contributed by atoms with Gasteiger partial charge in [-0.1, -0.05) is 7.92 Å². The minimum absolute atomic E-state index is 0.305. The van der Waals surface area contributed by atoms with Crippen molar-refractivity contribution in [3.63, 3.8) is 0 Å². The molecule has 5 aromatic rings. The topological polar surface area (TPSA) is 115 Å². The number of anilines is 5. The molecular weight excluding hydrogens is 655 g/mol. The Bertz CT molecular complexity index is 1800. The van der Waals surface area contributed by atoms with Gasteiger partial charge in [-0.3, -0.25) is 9.97 Å². The molecule has 6 rings (SSSR count). The molecule has 0 bridgehead atoms. The van der Waals surface area contributed by atoms with E-state index in [1.165, 1.54) is 12.4 Å². The zero-order chi connectivity index (χ0) is 30.8. The number of nitrogens with one attached hydrogen (secondary N) is 2. The molecule has 11 nitrogen and oxygen atoms in total. The first-order chi connectivity index (χ1) is 21.3. The maximum atomic E-state index is 13.4. The molecule has 15 heteroatoms. The van der Waals surface area contributed by atoms with E-state index in [0.717, 1.165) is 27.7 Å². The van der Waals surface area contributed by atoms with Gasteiger partial charge in [0, 0.05) is 71.7 Å². The van der Waals surface area contributed by atoms with Gasteiger partial charge in [-0.05, 0) is 47.5 Å². The lowest BCUT2D eigenvalue weighted by atomic mass is 10.0. The molecule has 228 valence electrons. The molecule has 2 aromatic carbocycles. The van der Waals surface area contributed by atoms with E-state index in [1.54, 1.807) is 25.7 Å². The van der Waals surface area contributed by atoms with Gasteiger partial charge in [0.2, 0.25) is 5.95 Å². The number of morpholine rings is 1. The highest BCUT2D eigenvalue weighted by molar-refractivity contribution is 9.10. The SMILES string of the molecule is COc1cc(N2CCOCC2)c(-c2cnn(C(F)F)c2)cc1Nc1ncc(Br)c(Nc2ccc3nccnc3c2P(C)C)n1. The van der Waals surface area contributed by atoms with Crippen LogP contribution in [-0.2, 0) is 4.74 Å². The summed E-state index contributed by atoms with van der Waals surface area (Å²) >= 11 is 3.57. The average molecular weight is 684 g/mol. The molecule has 44 heavy (non-hydrogen) atoms. The summed E-state index contributed by atoms with van der Waals surface area (Å²) in [6.07, 6.45) is 7.80. The first-order valence-electron chi connectivity index (χ1n) is 13.7. The van der Waals surface area contributed by atoms with Crippen molar-refractivity contribution in [2.24, 2.45) is 0 Å². The monoisotopic (exact) mass is 683 g/mol. The Morgan fingerprint density at radius 2 is 1.82 bits per heavy atom. The molecule has 0 amide bonds. The molecule has 0 radical (unpaired) electrons. The maximum absolute atomic E-state index is 13.4. The molecule has 1 saturated heterocycles. The second kappa shape index (κ2) is 12.9. The summed E-state index contributed by atoms with van der Waals surface area (Å²) in [4.78, 5) is 20.4. The Balaban J connectivity index is 1.37. The number of fused-ring (bicyclic) bond motifs is 1. The number of hydrogen-bond donors (Lipinski definition) is 2. The van der Waals surface area contributed by atoms with E-state index in [9.17, 15) is 8.78 Å². The lowest BCUT2D eigenvalue weighted by Crippen LogP contribution is -2.36. The van der Waals surface area contributed by atoms with Crippen LogP contribution in [0, 0.1) is 0 Å². The second-order valence-electron chi connectivity index (χ2n) is 10.1. The Morgan fingerprint density at radius 3 is 2.55 bits per heavy atom. The molecule has 1 aliphatic heterocycles. The number of halogens is 3. The number of ether oxygens (including phenoxy) is 2. The van der Waals surface area contributed by atoms with Crippen LogP contribution in [0.25, 0.3) is 22.2 Å². The van der Waals surface area contributed by atoms with Gasteiger partial charge in [-0.2, -0.15) is 18.9 Å². The van der Waals surface area contributed by atoms with Crippen molar-refractivity contribution in [2.75, 3.05) is 62.3 Å². The molecule has 3 aromatic heterocycles. The van der Waals surface area contributed by atoms with E-state index in [0.29, 0.717) is 69.8 Å². The quantitative estimate of drug-likeness (QED) is 0.176. The fourth-order valence-electron chi connectivity index (χ4n) is 5.06. The number of rotatable bonds is 9. The van der Waals surface area contributed by atoms with Crippen LogP contribution >= 0.6 is 23.9 Å². The third kappa shape index (κ3) is 6.15. The van der Waals surface area contributed by atoms with Crippen molar-refractivity contribution in [1.29, 1.82) is 0 Å². The van der Waals surface area contributed by atoms with E-state index in [2.05, 4.69) is 64.8 Å². The number of alkyl halides is 2. The Labute approximate surface area is 261 Å². The van der Waals surface area contributed by atoms with Gasteiger partial charge >= 0.3 is 6.55 Å². The molecule has 1 aliphatic rings. The van der Waals surface area contributed by atoms with Crippen LogP contribution in [0.15, 0.2) is 59.7 Å². The Hall–Kier alpha value is -4.00. The van der Waals surface area contributed by atoms with Crippen LogP contribution in [0.1, 0.15) is 6.55 Å². The van der Waals surface area contributed by atoms with Gasteiger partial charge in [0.1, 0.15) is 11.6 Å². The third-order valence-electron chi connectivity index (χ3n) is 7.09. The lowest BCUT2D eigenvalue weighted by Gasteiger charge is -2.31. The zero-order valence-electron chi connectivity index (χ0n) is 24.1. The summed E-state index contributed by atoms with van der Waals surface area (Å²) in [6.45, 7) is 4.01. The second-order valence-corrected chi connectivity index (χ2v) is 13.2. The zero-order valence-corrected chi connectivity index (χ0v) is 26.6. The molecule has 0 unspecified atom stereocenters. The van der Waals surface area contributed by atoms with Crippen molar-refractivity contribution in [1.82, 2.24) is 29.7 Å². The van der Waals surface area contributed by atoms with Crippen LogP contribution in [-0.4, -0.2) is 76.5 Å². The highest BCUT2D eigenvalue weighted by atomic mass is 79.9. The molecule has 0 spiro atoms. The van der Waals surface area contributed by atoms with E-state index >= 15 is 0 Å². The van der Waals surface area contributed by atoms with Crippen LogP contribution in [0.2, 0.25) is 0 Å². The number of methoxy groups -OCH3 is 1. The summed E-state index contributed by atoms with van der Waals surface area (Å²) in [5.74, 6) is 1.39. The highest BCUT2D eigenvalue weighted by Crippen LogP contribution is 2.41. The molecule has 0 aliphatic carbocycles. The van der Waals surface area contributed by atoms with Crippen LogP contribution in [0.3, 0.4) is 0 Å². The first kappa shape index (κ1) is 30.0. The van der Waals surface area contributed by atoms with E-state index < -0.39 is 14.5 Å². The van der Waals surface area contributed by atoms with Gasteiger partial charge < -0.3 is 25.0 Å². The van der Waals surface area contributed by atoms with Crippen molar-refractivity contribution < 1.29 is 18.3 Å². The van der Waals surface area contributed by atoms with Gasteiger partial charge in [0.15, 0.2) is 0 Å². The highest BCUT2D eigenvalue weighted by Gasteiger charge is 2.22. The van der Waals surface area contributed by atoms with Crippen molar-refractivity contribution in [3.8, 4) is 16.9 Å². The van der Waals surface area contributed by atoms with Crippen molar-refractivity contribution in [2.45, 2.75) is 6.55 Å². The number of aromatic nitrogens is 6. The summed E-state index contributed by atoms with van der Waals surface area (Å²) in [5, 5.41) is 11.7. The van der Waals surface area contributed by atoms with E-state index in [-0.39, 0.29) is 0 Å². The fourth-order valence-corrected chi connectivity index (χ4v) is 6.55. The van der Waals surface area contributed by atoms with Gasteiger partial charge in [-0.15, -0.1) is 0 Å². The van der Waals surface area contributed by atoms with E-state index in [4.69, 9.17) is 14.5 Å². The third-order valence-corrected chi connectivity index (χ3v) is 9.01. The Kier molecular flexibility index (Phi) is 8.83. The average Bonchev–Trinajstić information content (AvgIpc) is 3.53. The first-order valence-corrected chi connectivity index (χ1v) is 16.7. The largest absolute Gasteiger partial charge is 0.494 e. The summed E-state index contributed by atoms with van der Waals surface area (Å²) in [7, 11) is 1.04. The van der Waals surface area contributed by atoms with Crippen LogP contribution in [0.4, 0.5) is 37.6 Å².